The number of benzene rings is 1. The lowest BCUT2D eigenvalue weighted by Gasteiger charge is -2.60. The molecule has 31 heavy (non-hydrogen) atoms. The van der Waals surface area contributed by atoms with Crippen molar-refractivity contribution in [3.8, 4) is 11.8 Å². The Morgan fingerprint density at radius 2 is 1.94 bits per heavy atom. The van der Waals surface area contributed by atoms with Gasteiger partial charge in [-0.3, -0.25) is 0 Å². The molecule has 1 heterocycles. The van der Waals surface area contributed by atoms with Crippen LogP contribution in [0.15, 0.2) is 30.5 Å². The summed E-state index contributed by atoms with van der Waals surface area (Å²) in [7, 11) is 0. The maximum absolute atomic E-state index is 9.95. The summed E-state index contributed by atoms with van der Waals surface area (Å²) in [5.74, 6) is 4.31. The quantitative estimate of drug-likeness (QED) is 0.543. The second kappa shape index (κ2) is 8.01. The standard InChI is InChI=1S/C24H30N6O/c25-10-19-13-28-23(27-12-16-3-1-2-4-21(16)31)30-22(19)29-14-24-7-15-5-17(8-24)20(11-26)18(6-15)9-24/h1-4,13,15,17-18,20,31H,5-9,11-12,14,26H2,(H2,27,28,29,30)/t15?,17-,18+,20?,24?. The Kier molecular flexibility index (Phi) is 5.19. The molecule has 0 aliphatic heterocycles. The average Bonchev–Trinajstić information content (AvgIpc) is 2.77. The van der Waals surface area contributed by atoms with Gasteiger partial charge < -0.3 is 21.5 Å². The van der Waals surface area contributed by atoms with Crippen LogP contribution in [0.3, 0.4) is 0 Å². The van der Waals surface area contributed by atoms with Gasteiger partial charge in [-0.1, -0.05) is 18.2 Å². The first-order valence-corrected chi connectivity index (χ1v) is 11.3. The summed E-state index contributed by atoms with van der Waals surface area (Å²) in [6.07, 6.45) is 8.00. The number of nitrogens with one attached hydrogen (secondary N) is 2. The van der Waals surface area contributed by atoms with Crippen molar-refractivity contribution in [2.75, 3.05) is 23.7 Å². The fraction of sp³-hybridized carbons (Fsp3) is 0.542. The number of aromatic nitrogens is 2. The van der Waals surface area contributed by atoms with Crippen molar-refractivity contribution in [2.24, 2.45) is 34.8 Å². The molecule has 0 radical (unpaired) electrons. The van der Waals surface area contributed by atoms with Crippen LogP contribution in [0.5, 0.6) is 5.75 Å². The molecule has 5 N–H and O–H groups in total. The van der Waals surface area contributed by atoms with E-state index < -0.39 is 0 Å². The van der Waals surface area contributed by atoms with Crippen molar-refractivity contribution >= 4 is 11.8 Å². The van der Waals surface area contributed by atoms with Crippen molar-refractivity contribution in [1.82, 2.24) is 9.97 Å². The zero-order valence-corrected chi connectivity index (χ0v) is 17.7. The Bertz CT molecular complexity index is 986. The van der Waals surface area contributed by atoms with E-state index in [0.29, 0.717) is 35.2 Å². The number of para-hydroxylation sites is 1. The van der Waals surface area contributed by atoms with Gasteiger partial charge in [0.05, 0.1) is 6.20 Å². The molecule has 1 aromatic heterocycles. The molecule has 4 saturated carbocycles. The molecule has 6 rings (SSSR count). The maximum atomic E-state index is 9.95. The molecule has 0 amide bonds. The first kappa shape index (κ1) is 20.1. The third-order valence-corrected chi connectivity index (χ3v) is 7.84. The second-order valence-corrected chi connectivity index (χ2v) is 9.77. The average molecular weight is 419 g/mol. The van der Waals surface area contributed by atoms with Gasteiger partial charge in [0.2, 0.25) is 5.95 Å². The Hall–Kier alpha value is -2.85. The SMILES string of the molecule is N#Cc1cnc(NCc2ccccc2O)nc1NCC12CC3C[C@H](C1)C(CN)[C@@H](C3)C2. The monoisotopic (exact) mass is 418 g/mol. The summed E-state index contributed by atoms with van der Waals surface area (Å²) < 4.78 is 0. The second-order valence-electron chi connectivity index (χ2n) is 9.77. The molecule has 1 aromatic carbocycles. The van der Waals surface area contributed by atoms with E-state index in [-0.39, 0.29) is 5.75 Å². The Morgan fingerprint density at radius 3 is 2.65 bits per heavy atom. The molecule has 4 aliphatic rings. The van der Waals surface area contributed by atoms with Crippen LogP contribution in [0.1, 0.15) is 43.2 Å². The molecule has 3 unspecified atom stereocenters. The summed E-state index contributed by atoms with van der Waals surface area (Å²) in [6, 6.07) is 9.39. The topological polar surface area (TPSA) is 120 Å². The predicted octanol–water partition coefficient (Wildman–Crippen LogP) is 3.48. The van der Waals surface area contributed by atoms with Crippen LogP contribution in [0, 0.1) is 40.4 Å². The van der Waals surface area contributed by atoms with Gasteiger partial charge in [0.25, 0.3) is 0 Å². The zero-order valence-electron chi connectivity index (χ0n) is 17.7. The number of nitrogens with zero attached hydrogens (tertiary/aromatic N) is 3. The van der Waals surface area contributed by atoms with Crippen molar-refractivity contribution < 1.29 is 5.11 Å². The van der Waals surface area contributed by atoms with Crippen molar-refractivity contribution in [3.63, 3.8) is 0 Å². The zero-order chi connectivity index (χ0) is 21.4. The van der Waals surface area contributed by atoms with Crippen LogP contribution in [0.2, 0.25) is 0 Å². The minimum atomic E-state index is 0.236. The molecule has 4 aliphatic carbocycles. The minimum Gasteiger partial charge on any atom is -0.508 e. The molecule has 0 spiro atoms. The van der Waals surface area contributed by atoms with E-state index >= 15 is 0 Å². The largest absolute Gasteiger partial charge is 0.508 e. The normalized spacial score (nSPS) is 30.7. The van der Waals surface area contributed by atoms with E-state index in [9.17, 15) is 10.4 Å². The summed E-state index contributed by atoms with van der Waals surface area (Å²) in [6.45, 7) is 2.08. The van der Waals surface area contributed by atoms with Gasteiger partial charge >= 0.3 is 0 Å². The minimum absolute atomic E-state index is 0.236. The predicted molar refractivity (Wildman–Crippen MR) is 119 cm³/mol. The molecule has 4 bridgehead atoms. The van der Waals surface area contributed by atoms with E-state index in [1.165, 1.54) is 32.1 Å². The summed E-state index contributed by atoms with van der Waals surface area (Å²) in [5.41, 5.74) is 7.63. The van der Waals surface area contributed by atoms with E-state index in [1.54, 1.807) is 18.3 Å². The first-order valence-electron chi connectivity index (χ1n) is 11.3. The van der Waals surface area contributed by atoms with Gasteiger partial charge in [-0.05, 0) is 73.8 Å². The fourth-order valence-corrected chi connectivity index (χ4v) is 6.69. The van der Waals surface area contributed by atoms with E-state index in [4.69, 9.17) is 5.73 Å². The molecule has 0 saturated heterocycles. The first-order chi connectivity index (χ1) is 15.1. The molecule has 4 fully saturated rings. The maximum Gasteiger partial charge on any atom is 0.224 e. The lowest BCUT2D eigenvalue weighted by atomic mass is 9.46. The molecule has 7 nitrogen and oxygen atoms in total. The number of rotatable bonds is 7. The van der Waals surface area contributed by atoms with Crippen LogP contribution >= 0.6 is 0 Å². The number of hydrogen-bond acceptors (Lipinski definition) is 7. The number of phenolic OH excluding ortho intramolecular Hbond substituents is 1. The van der Waals surface area contributed by atoms with Gasteiger partial charge in [-0.25, -0.2) is 4.98 Å². The molecular weight excluding hydrogens is 388 g/mol. The van der Waals surface area contributed by atoms with Crippen LogP contribution in [0.25, 0.3) is 0 Å². The van der Waals surface area contributed by atoms with Gasteiger partial charge in [-0.15, -0.1) is 0 Å². The Labute approximate surface area is 183 Å². The van der Waals surface area contributed by atoms with Crippen LogP contribution < -0.4 is 16.4 Å². The molecular formula is C24H30N6O. The lowest BCUT2D eigenvalue weighted by Crippen LogP contribution is -2.54. The number of anilines is 2. The van der Waals surface area contributed by atoms with Gasteiger partial charge in [0.15, 0.2) is 0 Å². The Balaban J connectivity index is 1.29. The van der Waals surface area contributed by atoms with Crippen molar-refractivity contribution in [3.05, 3.63) is 41.6 Å². The van der Waals surface area contributed by atoms with Gasteiger partial charge in [-0.2, -0.15) is 10.2 Å². The third kappa shape index (κ3) is 3.81. The van der Waals surface area contributed by atoms with Crippen LogP contribution in [0.4, 0.5) is 11.8 Å². The van der Waals surface area contributed by atoms with Crippen LogP contribution in [-0.4, -0.2) is 28.2 Å². The van der Waals surface area contributed by atoms with Crippen LogP contribution in [-0.2, 0) is 6.54 Å². The fourth-order valence-electron chi connectivity index (χ4n) is 6.69. The highest BCUT2D eigenvalue weighted by Gasteiger charge is 2.54. The number of nitriles is 1. The molecule has 162 valence electrons. The number of phenols is 1. The molecule has 7 heteroatoms. The number of hydrogen-bond donors (Lipinski definition) is 4. The highest BCUT2D eigenvalue weighted by atomic mass is 16.3. The van der Waals surface area contributed by atoms with Gasteiger partial charge in [0.1, 0.15) is 23.2 Å². The smallest absolute Gasteiger partial charge is 0.224 e. The van der Waals surface area contributed by atoms with Crippen molar-refractivity contribution in [2.45, 2.75) is 38.6 Å². The number of nitrogens with two attached hydrogens (primary N) is 1. The molecule has 2 aromatic rings. The summed E-state index contributed by atoms with van der Waals surface area (Å²) >= 11 is 0. The summed E-state index contributed by atoms with van der Waals surface area (Å²) in [5, 5.41) is 26.2. The van der Waals surface area contributed by atoms with Crippen molar-refractivity contribution in [1.29, 1.82) is 5.26 Å². The highest BCUT2D eigenvalue weighted by molar-refractivity contribution is 5.53. The third-order valence-electron chi connectivity index (χ3n) is 7.84. The lowest BCUT2D eigenvalue weighted by molar-refractivity contribution is -0.0851. The Morgan fingerprint density at radius 1 is 1.16 bits per heavy atom. The molecule has 5 atom stereocenters. The van der Waals surface area contributed by atoms with E-state index in [1.807, 2.05) is 12.1 Å². The summed E-state index contributed by atoms with van der Waals surface area (Å²) in [4.78, 5) is 8.85. The van der Waals surface area contributed by atoms with E-state index in [2.05, 4.69) is 26.7 Å². The highest BCUT2D eigenvalue weighted by Crippen LogP contribution is 2.61. The number of aromatic hydroxyl groups is 1. The van der Waals surface area contributed by atoms with E-state index in [0.717, 1.165) is 36.4 Å². The van der Waals surface area contributed by atoms with Gasteiger partial charge in [0, 0.05) is 18.7 Å².